The van der Waals surface area contributed by atoms with Gasteiger partial charge in [0.05, 0.1) is 11.4 Å². The molecule has 2 aliphatic rings. The number of ether oxygens (including phenoxy) is 1. The first kappa shape index (κ1) is 15.0. The maximum Gasteiger partial charge on any atom is 0.254 e. The first-order valence-corrected chi connectivity index (χ1v) is 8.25. The Balaban J connectivity index is 1.82. The number of hydrogen-bond donors (Lipinski definition) is 0. The van der Waals surface area contributed by atoms with Crippen LogP contribution < -0.4 is 4.74 Å². The number of hydrogen-bond acceptors (Lipinski definition) is 4. The molecule has 116 valence electrons. The summed E-state index contributed by atoms with van der Waals surface area (Å²) in [4.78, 5) is 28.1. The second kappa shape index (κ2) is 6.04. The minimum absolute atomic E-state index is 0.0314. The summed E-state index contributed by atoms with van der Waals surface area (Å²) in [5.74, 6) is 1.83. The van der Waals surface area contributed by atoms with E-state index in [4.69, 9.17) is 4.74 Å². The van der Waals surface area contributed by atoms with E-state index in [1.54, 1.807) is 30.8 Å². The van der Waals surface area contributed by atoms with Crippen LogP contribution in [-0.4, -0.2) is 60.0 Å². The second-order valence-electron chi connectivity index (χ2n) is 5.52. The van der Waals surface area contributed by atoms with Gasteiger partial charge in [-0.2, -0.15) is 0 Å². The Bertz CT molecular complexity index is 642. The molecule has 0 radical (unpaired) electrons. The fourth-order valence-corrected chi connectivity index (χ4v) is 3.71. The van der Waals surface area contributed by atoms with E-state index in [0.717, 1.165) is 11.3 Å². The van der Waals surface area contributed by atoms with Crippen LogP contribution in [0.5, 0.6) is 5.75 Å². The van der Waals surface area contributed by atoms with Gasteiger partial charge in [0.2, 0.25) is 5.91 Å². The highest BCUT2D eigenvalue weighted by Gasteiger charge is 2.37. The number of amides is 2. The highest BCUT2D eigenvalue weighted by molar-refractivity contribution is 7.99. The average molecular weight is 318 g/mol. The molecule has 2 aliphatic heterocycles. The minimum Gasteiger partial charge on any atom is -0.488 e. The maximum absolute atomic E-state index is 12.7. The maximum atomic E-state index is 12.7. The molecule has 2 amide bonds. The molecule has 6 heteroatoms. The number of nitrogens with zero attached hydrogens (tertiary/aromatic N) is 2. The summed E-state index contributed by atoms with van der Waals surface area (Å²) in [6.07, 6.45) is 1.86. The number of rotatable bonds is 2. The first-order valence-electron chi connectivity index (χ1n) is 7.10. The third-order valence-electron chi connectivity index (χ3n) is 3.78. The van der Waals surface area contributed by atoms with E-state index < -0.39 is 0 Å². The highest BCUT2D eigenvalue weighted by atomic mass is 32.2. The molecule has 1 atom stereocenters. The number of benzene rings is 1. The van der Waals surface area contributed by atoms with Gasteiger partial charge in [0.15, 0.2) is 0 Å². The lowest BCUT2D eigenvalue weighted by molar-refractivity contribution is -0.140. The zero-order chi connectivity index (χ0) is 15.7. The smallest absolute Gasteiger partial charge is 0.254 e. The van der Waals surface area contributed by atoms with Gasteiger partial charge < -0.3 is 14.5 Å². The summed E-state index contributed by atoms with van der Waals surface area (Å²) in [5, 5.41) is 0. The van der Waals surface area contributed by atoms with Gasteiger partial charge in [-0.15, -0.1) is 11.8 Å². The Morgan fingerprint density at radius 2 is 2.09 bits per heavy atom. The van der Waals surface area contributed by atoms with Crippen molar-refractivity contribution >= 4 is 29.7 Å². The largest absolute Gasteiger partial charge is 0.488 e. The molecule has 22 heavy (non-hydrogen) atoms. The van der Waals surface area contributed by atoms with Crippen molar-refractivity contribution in [3.8, 4) is 5.75 Å². The van der Waals surface area contributed by atoms with Crippen molar-refractivity contribution in [2.75, 3.05) is 32.3 Å². The fraction of sp³-hybridized carbons (Fsp3) is 0.375. The van der Waals surface area contributed by atoms with Gasteiger partial charge in [-0.25, -0.2) is 0 Å². The molecule has 0 N–H and O–H groups in total. The first-order chi connectivity index (χ1) is 10.6. The summed E-state index contributed by atoms with van der Waals surface area (Å²) in [7, 11) is 3.43. The van der Waals surface area contributed by atoms with Crippen molar-refractivity contribution in [3.05, 3.63) is 35.4 Å². The van der Waals surface area contributed by atoms with E-state index >= 15 is 0 Å². The molecule has 1 saturated heterocycles. The molecule has 1 aromatic carbocycles. The molecule has 5 nitrogen and oxygen atoms in total. The normalized spacial score (nSPS) is 20.0. The molecule has 1 unspecified atom stereocenters. The standard InChI is InChI=1S/C16H18N2O3S/c1-17(2)16(20)13-9-22-10-18(13)15(19)12-7-11-5-3-4-6-14(11)21-8-12/h3-7,13H,8-10H2,1-2H3. The van der Waals surface area contributed by atoms with E-state index in [-0.39, 0.29) is 24.5 Å². The lowest BCUT2D eigenvalue weighted by Gasteiger charge is -2.27. The van der Waals surface area contributed by atoms with Crippen LogP contribution in [0.4, 0.5) is 0 Å². The lowest BCUT2D eigenvalue weighted by Crippen LogP contribution is -2.47. The lowest BCUT2D eigenvalue weighted by atomic mass is 10.1. The Labute approximate surface area is 133 Å². The van der Waals surface area contributed by atoms with Gasteiger partial charge in [0.1, 0.15) is 18.4 Å². The highest BCUT2D eigenvalue weighted by Crippen LogP contribution is 2.29. The molecule has 0 saturated carbocycles. The molecule has 0 aromatic heterocycles. The molecule has 0 bridgehead atoms. The second-order valence-corrected chi connectivity index (χ2v) is 6.52. The van der Waals surface area contributed by atoms with Crippen molar-refractivity contribution in [1.29, 1.82) is 0 Å². The number of para-hydroxylation sites is 1. The molecule has 1 fully saturated rings. The topological polar surface area (TPSA) is 49.9 Å². The Morgan fingerprint density at radius 3 is 2.86 bits per heavy atom. The third kappa shape index (κ3) is 2.70. The Morgan fingerprint density at radius 1 is 1.32 bits per heavy atom. The zero-order valence-corrected chi connectivity index (χ0v) is 13.4. The Kier molecular flexibility index (Phi) is 4.11. The van der Waals surface area contributed by atoms with Crippen molar-refractivity contribution in [2.24, 2.45) is 0 Å². The minimum atomic E-state index is -0.384. The summed E-state index contributed by atoms with van der Waals surface area (Å²) in [5.41, 5.74) is 1.50. The molecule has 0 aliphatic carbocycles. The average Bonchev–Trinajstić information content (AvgIpc) is 3.02. The van der Waals surface area contributed by atoms with E-state index in [1.165, 1.54) is 4.90 Å². The summed E-state index contributed by atoms with van der Waals surface area (Å²) in [6.45, 7) is 0.250. The third-order valence-corrected chi connectivity index (χ3v) is 4.79. The molecule has 3 rings (SSSR count). The Hall–Kier alpha value is -1.95. The van der Waals surface area contributed by atoms with Gasteiger partial charge in [-0.05, 0) is 12.1 Å². The van der Waals surface area contributed by atoms with Crippen LogP contribution >= 0.6 is 11.8 Å². The molecular weight excluding hydrogens is 300 g/mol. The van der Waals surface area contributed by atoms with E-state index in [2.05, 4.69) is 0 Å². The van der Waals surface area contributed by atoms with E-state index in [0.29, 0.717) is 17.2 Å². The predicted octanol–water partition coefficient (Wildman–Crippen LogP) is 1.45. The van der Waals surface area contributed by atoms with Gasteiger partial charge in [0.25, 0.3) is 5.91 Å². The van der Waals surface area contributed by atoms with Gasteiger partial charge in [-0.3, -0.25) is 9.59 Å². The van der Waals surface area contributed by atoms with Crippen LogP contribution in [0.2, 0.25) is 0 Å². The number of likely N-dealkylation sites (N-methyl/N-ethyl adjacent to an activating group) is 1. The van der Waals surface area contributed by atoms with E-state index in [1.807, 2.05) is 30.3 Å². The number of carbonyl (C=O) groups is 2. The summed E-state index contributed by atoms with van der Waals surface area (Å²) >= 11 is 1.60. The molecule has 1 aromatic rings. The van der Waals surface area contributed by atoms with Crippen LogP contribution in [0.1, 0.15) is 5.56 Å². The SMILES string of the molecule is CN(C)C(=O)C1CSCN1C(=O)C1=Cc2ccccc2OC1. The zero-order valence-electron chi connectivity index (χ0n) is 12.6. The van der Waals surface area contributed by atoms with Crippen molar-refractivity contribution < 1.29 is 14.3 Å². The monoisotopic (exact) mass is 318 g/mol. The van der Waals surface area contributed by atoms with Gasteiger partial charge in [0, 0.05) is 25.4 Å². The van der Waals surface area contributed by atoms with Crippen LogP contribution in [0.15, 0.2) is 29.8 Å². The molecule has 2 heterocycles. The van der Waals surface area contributed by atoms with Gasteiger partial charge in [-0.1, -0.05) is 18.2 Å². The van der Waals surface area contributed by atoms with Gasteiger partial charge >= 0.3 is 0 Å². The van der Waals surface area contributed by atoms with Crippen LogP contribution in [0, 0.1) is 0 Å². The summed E-state index contributed by atoms with van der Waals surface area (Å²) in [6, 6.07) is 7.24. The summed E-state index contributed by atoms with van der Waals surface area (Å²) < 4.78 is 5.64. The van der Waals surface area contributed by atoms with Crippen LogP contribution in [0.3, 0.4) is 0 Å². The van der Waals surface area contributed by atoms with Crippen molar-refractivity contribution in [2.45, 2.75) is 6.04 Å². The molecular formula is C16H18N2O3S. The molecule has 0 spiro atoms. The quantitative estimate of drug-likeness (QED) is 0.828. The number of fused-ring (bicyclic) bond motifs is 1. The number of thioether (sulfide) groups is 1. The number of carbonyl (C=O) groups excluding carboxylic acids is 2. The van der Waals surface area contributed by atoms with Crippen LogP contribution in [-0.2, 0) is 9.59 Å². The van der Waals surface area contributed by atoms with Crippen LogP contribution in [0.25, 0.3) is 6.08 Å². The van der Waals surface area contributed by atoms with Crippen molar-refractivity contribution in [1.82, 2.24) is 9.80 Å². The predicted molar refractivity (Wildman–Crippen MR) is 86.6 cm³/mol. The fourth-order valence-electron chi connectivity index (χ4n) is 2.57. The van der Waals surface area contributed by atoms with Crippen molar-refractivity contribution in [3.63, 3.8) is 0 Å². The van der Waals surface area contributed by atoms with E-state index in [9.17, 15) is 9.59 Å².